The van der Waals surface area contributed by atoms with Crippen LogP contribution in [0.2, 0.25) is 0 Å². The van der Waals surface area contributed by atoms with Crippen molar-refractivity contribution in [3.05, 3.63) is 30.1 Å². The van der Waals surface area contributed by atoms with Crippen molar-refractivity contribution in [2.45, 2.75) is 19.4 Å². The molecule has 0 radical (unpaired) electrons. The summed E-state index contributed by atoms with van der Waals surface area (Å²) in [5.74, 6) is -0.0292. The molecule has 1 atom stereocenters. The molecule has 1 aromatic carbocycles. The van der Waals surface area contributed by atoms with Crippen molar-refractivity contribution in [1.29, 1.82) is 0 Å². The van der Waals surface area contributed by atoms with Crippen LogP contribution < -0.4 is 10.1 Å². The van der Waals surface area contributed by atoms with E-state index < -0.39 is 0 Å². The summed E-state index contributed by atoms with van der Waals surface area (Å²) in [6.45, 7) is 2.95. The lowest BCUT2D eigenvalue weighted by Crippen LogP contribution is -2.38. The molecule has 18 heavy (non-hydrogen) atoms. The van der Waals surface area contributed by atoms with Crippen molar-refractivity contribution in [2.75, 3.05) is 20.3 Å². The molecule has 0 saturated carbocycles. The topological polar surface area (TPSA) is 47.6 Å². The maximum absolute atomic E-state index is 12.7. The van der Waals surface area contributed by atoms with Gasteiger partial charge in [0.25, 0.3) is 0 Å². The van der Waals surface area contributed by atoms with Crippen molar-refractivity contribution >= 4 is 5.97 Å². The van der Waals surface area contributed by atoms with Crippen LogP contribution in [0.15, 0.2) is 24.3 Å². The second-order valence-electron chi connectivity index (χ2n) is 3.72. The number of rotatable bonds is 7. The Morgan fingerprint density at radius 3 is 2.61 bits per heavy atom. The van der Waals surface area contributed by atoms with Gasteiger partial charge in [0.05, 0.1) is 13.7 Å². The van der Waals surface area contributed by atoms with Crippen LogP contribution in [0.1, 0.15) is 13.3 Å². The molecule has 0 heterocycles. The van der Waals surface area contributed by atoms with E-state index in [9.17, 15) is 9.18 Å². The fourth-order valence-corrected chi connectivity index (χ4v) is 1.52. The summed E-state index contributed by atoms with van der Waals surface area (Å²) in [5.41, 5.74) is 0. The molecule has 4 nitrogen and oxygen atoms in total. The highest BCUT2D eigenvalue weighted by atomic mass is 19.1. The van der Waals surface area contributed by atoms with E-state index in [1.165, 1.54) is 19.2 Å². The molecule has 1 unspecified atom stereocenters. The highest BCUT2D eigenvalue weighted by molar-refractivity contribution is 5.75. The normalized spacial score (nSPS) is 11.9. The van der Waals surface area contributed by atoms with E-state index in [0.717, 1.165) is 0 Å². The predicted molar refractivity (Wildman–Crippen MR) is 66.0 cm³/mol. The molecule has 0 saturated heterocycles. The molecule has 5 heteroatoms. The number of nitrogens with one attached hydrogen (secondary N) is 1. The molecule has 1 N–H and O–H groups in total. The summed E-state index contributed by atoms with van der Waals surface area (Å²) in [6.07, 6.45) is 0.498. The molecule has 1 aromatic rings. The first kappa shape index (κ1) is 14.4. The Morgan fingerprint density at radius 1 is 1.39 bits per heavy atom. The van der Waals surface area contributed by atoms with E-state index in [1.807, 2.05) is 6.92 Å². The SMILES string of the molecule is CCNC(CCOc1ccc(F)cc1)C(=O)OC. The number of methoxy groups -OCH3 is 1. The van der Waals surface area contributed by atoms with Crippen LogP contribution in [0.4, 0.5) is 4.39 Å². The standard InChI is InChI=1S/C13H18FNO3/c1-3-15-12(13(16)17-2)8-9-18-11-6-4-10(14)5-7-11/h4-7,12,15H,3,8-9H2,1-2H3. The van der Waals surface area contributed by atoms with Gasteiger partial charge in [0.2, 0.25) is 0 Å². The van der Waals surface area contributed by atoms with Gasteiger partial charge in [-0.1, -0.05) is 6.92 Å². The molecule has 0 bridgehead atoms. The number of esters is 1. The smallest absolute Gasteiger partial charge is 0.322 e. The monoisotopic (exact) mass is 255 g/mol. The van der Waals surface area contributed by atoms with Gasteiger partial charge in [-0.2, -0.15) is 0 Å². The molecular formula is C13H18FNO3. The lowest BCUT2D eigenvalue weighted by atomic mass is 10.2. The van der Waals surface area contributed by atoms with Crippen molar-refractivity contribution < 1.29 is 18.7 Å². The molecule has 0 amide bonds. The Bertz CT molecular complexity index is 367. The Balaban J connectivity index is 2.38. The number of ether oxygens (including phenoxy) is 2. The minimum atomic E-state index is -0.375. The lowest BCUT2D eigenvalue weighted by Gasteiger charge is -2.15. The van der Waals surface area contributed by atoms with Crippen LogP contribution in [-0.2, 0) is 9.53 Å². The average molecular weight is 255 g/mol. The number of hydrogen-bond acceptors (Lipinski definition) is 4. The van der Waals surface area contributed by atoms with Crippen molar-refractivity contribution in [3.63, 3.8) is 0 Å². The quantitative estimate of drug-likeness (QED) is 0.754. The minimum Gasteiger partial charge on any atom is -0.494 e. The van der Waals surface area contributed by atoms with E-state index in [4.69, 9.17) is 4.74 Å². The van der Waals surface area contributed by atoms with Gasteiger partial charge >= 0.3 is 5.97 Å². The summed E-state index contributed by atoms with van der Waals surface area (Å²) in [6, 6.07) is 5.39. The Hall–Kier alpha value is -1.62. The molecule has 100 valence electrons. The minimum absolute atomic E-state index is 0.303. The van der Waals surface area contributed by atoms with Gasteiger partial charge in [-0.3, -0.25) is 4.79 Å². The van der Waals surface area contributed by atoms with E-state index in [1.54, 1.807) is 12.1 Å². The van der Waals surface area contributed by atoms with Gasteiger partial charge in [-0.15, -0.1) is 0 Å². The average Bonchev–Trinajstić information content (AvgIpc) is 2.39. The van der Waals surface area contributed by atoms with Crippen LogP contribution in [-0.4, -0.2) is 32.3 Å². The summed E-state index contributed by atoms with van der Waals surface area (Å²) in [5, 5.41) is 3.01. The van der Waals surface area contributed by atoms with E-state index in [0.29, 0.717) is 25.3 Å². The number of halogens is 1. The van der Waals surface area contributed by atoms with Crippen LogP contribution in [0, 0.1) is 5.82 Å². The highest BCUT2D eigenvalue weighted by Crippen LogP contribution is 2.11. The highest BCUT2D eigenvalue weighted by Gasteiger charge is 2.17. The van der Waals surface area contributed by atoms with Gasteiger partial charge in [0.15, 0.2) is 0 Å². The zero-order chi connectivity index (χ0) is 13.4. The summed E-state index contributed by atoms with van der Waals surface area (Å²) in [4.78, 5) is 11.4. The molecular weight excluding hydrogens is 237 g/mol. The van der Waals surface area contributed by atoms with Crippen molar-refractivity contribution in [2.24, 2.45) is 0 Å². The molecule has 0 aliphatic carbocycles. The fourth-order valence-electron chi connectivity index (χ4n) is 1.52. The molecule has 0 fully saturated rings. The molecule has 0 spiro atoms. The summed E-state index contributed by atoms with van der Waals surface area (Å²) in [7, 11) is 1.35. The summed E-state index contributed by atoms with van der Waals surface area (Å²) < 4.78 is 22.8. The first-order valence-corrected chi connectivity index (χ1v) is 5.87. The first-order valence-electron chi connectivity index (χ1n) is 5.87. The van der Waals surface area contributed by atoms with Crippen LogP contribution in [0.5, 0.6) is 5.75 Å². The zero-order valence-corrected chi connectivity index (χ0v) is 10.6. The van der Waals surface area contributed by atoms with Crippen molar-refractivity contribution in [3.8, 4) is 5.75 Å². The molecule has 0 aliphatic heterocycles. The van der Waals surface area contributed by atoms with E-state index >= 15 is 0 Å². The van der Waals surface area contributed by atoms with Gasteiger partial charge < -0.3 is 14.8 Å². The largest absolute Gasteiger partial charge is 0.494 e. The third-order valence-electron chi connectivity index (χ3n) is 2.43. The first-order chi connectivity index (χ1) is 8.67. The number of benzene rings is 1. The predicted octanol–water partition coefficient (Wildman–Crippen LogP) is 1.75. The molecule has 0 aliphatic rings. The van der Waals surface area contributed by atoms with Crippen molar-refractivity contribution in [1.82, 2.24) is 5.32 Å². The number of carbonyl (C=O) groups is 1. The van der Waals surface area contributed by atoms with E-state index in [-0.39, 0.29) is 17.8 Å². The number of carbonyl (C=O) groups excluding carboxylic acids is 1. The Kier molecular flexibility index (Phi) is 6.14. The Labute approximate surface area is 106 Å². The van der Waals surface area contributed by atoms with Crippen LogP contribution >= 0.6 is 0 Å². The third kappa shape index (κ3) is 4.71. The second-order valence-corrected chi connectivity index (χ2v) is 3.72. The second kappa shape index (κ2) is 7.66. The molecule has 1 rings (SSSR count). The molecule has 0 aromatic heterocycles. The van der Waals surface area contributed by atoms with Gasteiger partial charge in [0, 0.05) is 6.42 Å². The number of hydrogen-bond donors (Lipinski definition) is 1. The van der Waals surface area contributed by atoms with Gasteiger partial charge in [-0.25, -0.2) is 4.39 Å². The summed E-state index contributed by atoms with van der Waals surface area (Å²) >= 11 is 0. The Morgan fingerprint density at radius 2 is 2.06 bits per heavy atom. The van der Waals surface area contributed by atoms with Crippen LogP contribution in [0.25, 0.3) is 0 Å². The van der Waals surface area contributed by atoms with E-state index in [2.05, 4.69) is 10.1 Å². The fraction of sp³-hybridized carbons (Fsp3) is 0.462. The maximum atomic E-state index is 12.7. The zero-order valence-electron chi connectivity index (χ0n) is 10.6. The lowest BCUT2D eigenvalue weighted by molar-refractivity contribution is -0.143. The van der Waals surface area contributed by atoms with Gasteiger partial charge in [0.1, 0.15) is 17.6 Å². The maximum Gasteiger partial charge on any atom is 0.322 e. The number of likely N-dealkylation sites (N-methyl/N-ethyl adjacent to an activating group) is 1. The van der Waals surface area contributed by atoms with Crippen LogP contribution in [0.3, 0.4) is 0 Å². The van der Waals surface area contributed by atoms with Gasteiger partial charge in [-0.05, 0) is 30.8 Å². The third-order valence-corrected chi connectivity index (χ3v) is 2.43.